The van der Waals surface area contributed by atoms with E-state index in [0.717, 1.165) is 20.8 Å². The summed E-state index contributed by atoms with van der Waals surface area (Å²) >= 11 is 0. The van der Waals surface area contributed by atoms with Crippen LogP contribution in [0.5, 0.6) is 0 Å². The lowest BCUT2D eigenvalue weighted by Crippen LogP contribution is -2.63. The van der Waals surface area contributed by atoms with Gasteiger partial charge in [-0.2, -0.15) is 0 Å². The normalized spacial score (nSPS) is 26.3. The summed E-state index contributed by atoms with van der Waals surface area (Å²) < 4.78 is 32.0. The molecule has 166 valence electrons. The molecule has 12 nitrogen and oxygen atoms in total. The van der Waals surface area contributed by atoms with Crippen molar-refractivity contribution in [2.24, 2.45) is 5.90 Å². The number of ether oxygens (including phenoxy) is 6. The van der Waals surface area contributed by atoms with Gasteiger partial charge >= 0.3 is 23.9 Å². The minimum Gasteiger partial charge on any atom is -0.463 e. The molecule has 2 N–H and O–H groups in total. The standard InChI is InChI=1S/C17H27NO11/c1-9(19)24-8-13-14(26-10(2)20)15(27-11(3)21)16(28-12(4)22)17(29-13)23-6-5-7-25-18/h13-17H,5-8,18H2,1-4H3/t13-,14-,15+,16+,17+/m1/s1. The molecular formula is C17H27NO11. The van der Waals surface area contributed by atoms with Crippen molar-refractivity contribution >= 4 is 23.9 Å². The molecule has 0 unspecified atom stereocenters. The van der Waals surface area contributed by atoms with Crippen LogP contribution in [0.2, 0.25) is 0 Å². The van der Waals surface area contributed by atoms with Gasteiger partial charge in [0.15, 0.2) is 24.6 Å². The molecule has 0 amide bonds. The Morgan fingerprint density at radius 2 is 1.34 bits per heavy atom. The Balaban J connectivity index is 3.17. The Morgan fingerprint density at radius 3 is 1.86 bits per heavy atom. The van der Waals surface area contributed by atoms with Crippen LogP contribution in [0, 0.1) is 0 Å². The third-order valence-electron chi connectivity index (χ3n) is 3.64. The monoisotopic (exact) mass is 421 g/mol. The molecule has 1 aliphatic heterocycles. The van der Waals surface area contributed by atoms with Gasteiger partial charge in [0, 0.05) is 27.7 Å². The zero-order chi connectivity index (χ0) is 22.0. The lowest BCUT2D eigenvalue weighted by Gasteiger charge is -2.44. The smallest absolute Gasteiger partial charge is 0.303 e. The maximum absolute atomic E-state index is 11.7. The predicted molar refractivity (Wildman–Crippen MR) is 92.7 cm³/mol. The summed E-state index contributed by atoms with van der Waals surface area (Å²) in [6, 6.07) is 0. The average molecular weight is 421 g/mol. The second-order valence-electron chi connectivity index (χ2n) is 6.16. The highest BCUT2D eigenvalue weighted by atomic mass is 16.7. The quantitative estimate of drug-likeness (QED) is 0.206. The second kappa shape index (κ2) is 12.3. The summed E-state index contributed by atoms with van der Waals surface area (Å²) in [7, 11) is 0. The topological polar surface area (TPSA) is 159 Å². The summed E-state index contributed by atoms with van der Waals surface area (Å²) in [6.07, 6.45) is -5.57. The summed E-state index contributed by atoms with van der Waals surface area (Å²) in [5.74, 6) is 2.24. The van der Waals surface area contributed by atoms with Crippen LogP contribution in [0.25, 0.3) is 0 Å². The molecule has 12 heteroatoms. The number of esters is 4. The van der Waals surface area contributed by atoms with E-state index in [1.54, 1.807) is 0 Å². The minimum absolute atomic E-state index is 0.102. The molecule has 0 aromatic carbocycles. The van der Waals surface area contributed by atoms with E-state index in [0.29, 0.717) is 6.42 Å². The number of rotatable bonds is 10. The van der Waals surface area contributed by atoms with Crippen molar-refractivity contribution in [3.63, 3.8) is 0 Å². The first-order valence-electron chi connectivity index (χ1n) is 8.89. The lowest BCUT2D eigenvalue weighted by atomic mass is 9.98. The highest BCUT2D eigenvalue weighted by Crippen LogP contribution is 2.30. The van der Waals surface area contributed by atoms with Gasteiger partial charge in [-0.15, -0.1) is 0 Å². The van der Waals surface area contributed by atoms with E-state index in [1.165, 1.54) is 6.92 Å². The van der Waals surface area contributed by atoms with Gasteiger partial charge in [0.05, 0.1) is 13.2 Å². The third kappa shape index (κ3) is 8.73. The fourth-order valence-electron chi connectivity index (χ4n) is 2.66. The maximum Gasteiger partial charge on any atom is 0.303 e. The van der Waals surface area contributed by atoms with Gasteiger partial charge in [-0.3, -0.25) is 19.2 Å². The first-order chi connectivity index (χ1) is 13.6. The zero-order valence-corrected chi connectivity index (χ0v) is 16.8. The fourth-order valence-corrected chi connectivity index (χ4v) is 2.66. The van der Waals surface area contributed by atoms with Crippen LogP contribution in [-0.2, 0) is 52.4 Å². The number of carbonyl (C=O) groups is 4. The van der Waals surface area contributed by atoms with E-state index in [9.17, 15) is 19.2 Å². The second-order valence-corrected chi connectivity index (χ2v) is 6.16. The van der Waals surface area contributed by atoms with Crippen molar-refractivity contribution in [2.45, 2.75) is 64.8 Å². The number of carbonyl (C=O) groups excluding carboxylic acids is 4. The van der Waals surface area contributed by atoms with Gasteiger partial charge in [-0.05, 0) is 6.42 Å². The molecule has 1 aliphatic rings. The summed E-state index contributed by atoms with van der Waals surface area (Å²) in [4.78, 5) is 50.5. The van der Waals surface area contributed by atoms with E-state index in [-0.39, 0.29) is 19.8 Å². The molecule has 0 saturated carbocycles. The SMILES string of the molecule is CC(=O)OC[C@H]1O[C@H](OCCCON)[C@@H](OC(C)=O)[C@@H](OC(C)=O)[C@@H]1OC(C)=O. The zero-order valence-electron chi connectivity index (χ0n) is 16.8. The molecule has 0 radical (unpaired) electrons. The van der Waals surface area contributed by atoms with Gasteiger partial charge in [0.1, 0.15) is 12.7 Å². The molecule has 0 aromatic rings. The van der Waals surface area contributed by atoms with Crippen LogP contribution in [-0.4, -0.2) is 74.4 Å². The molecule has 5 atom stereocenters. The first kappa shape index (κ1) is 24.8. The predicted octanol–water partition coefficient (Wildman–Crippen LogP) is -0.633. The molecule has 1 fully saturated rings. The first-order valence-corrected chi connectivity index (χ1v) is 8.89. The Labute approximate surface area is 167 Å². The van der Waals surface area contributed by atoms with Crippen LogP contribution >= 0.6 is 0 Å². The molecule has 0 aromatic heterocycles. The highest BCUT2D eigenvalue weighted by molar-refractivity contribution is 5.68. The largest absolute Gasteiger partial charge is 0.463 e. The molecule has 1 saturated heterocycles. The van der Waals surface area contributed by atoms with E-state index >= 15 is 0 Å². The fraction of sp³-hybridized carbons (Fsp3) is 0.765. The average Bonchev–Trinajstić information content (AvgIpc) is 2.60. The molecule has 1 heterocycles. The van der Waals surface area contributed by atoms with Crippen molar-refractivity contribution in [1.82, 2.24) is 0 Å². The van der Waals surface area contributed by atoms with Gasteiger partial charge in [0.2, 0.25) is 0 Å². The van der Waals surface area contributed by atoms with Gasteiger partial charge in [0.25, 0.3) is 0 Å². The summed E-state index contributed by atoms with van der Waals surface area (Å²) in [5.41, 5.74) is 0. The molecule has 0 aliphatic carbocycles. The van der Waals surface area contributed by atoms with Crippen molar-refractivity contribution in [3.8, 4) is 0 Å². The van der Waals surface area contributed by atoms with Crippen LogP contribution in [0.3, 0.4) is 0 Å². The number of hydrogen-bond acceptors (Lipinski definition) is 12. The highest BCUT2D eigenvalue weighted by Gasteiger charge is 2.52. The molecule has 0 bridgehead atoms. The van der Waals surface area contributed by atoms with Crippen LogP contribution in [0.15, 0.2) is 0 Å². The van der Waals surface area contributed by atoms with E-state index in [2.05, 4.69) is 4.84 Å². The Kier molecular flexibility index (Phi) is 10.5. The van der Waals surface area contributed by atoms with Crippen LogP contribution < -0.4 is 5.90 Å². The van der Waals surface area contributed by atoms with E-state index in [4.69, 9.17) is 34.3 Å². The molecule has 0 spiro atoms. The Morgan fingerprint density at radius 1 is 0.793 bits per heavy atom. The molecule has 29 heavy (non-hydrogen) atoms. The lowest BCUT2D eigenvalue weighted by molar-refractivity contribution is -0.308. The van der Waals surface area contributed by atoms with E-state index in [1.807, 2.05) is 0 Å². The van der Waals surface area contributed by atoms with Crippen molar-refractivity contribution in [2.75, 3.05) is 19.8 Å². The van der Waals surface area contributed by atoms with Gasteiger partial charge in [-0.25, -0.2) is 5.90 Å². The summed E-state index contributed by atoms with van der Waals surface area (Å²) in [5, 5.41) is 0. The van der Waals surface area contributed by atoms with Crippen molar-refractivity contribution in [3.05, 3.63) is 0 Å². The van der Waals surface area contributed by atoms with Crippen molar-refractivity contribution < 1.29 is 52.4 Å². The van der Waals surface area contributed by atoms with Crippen molar-refractivity contribution in [1.29, 1.82) is 0 Å². The number of nitrogens with two attached hydrogens (primary N) is 1. The maximum atomic E-state index is 11.7. The minimum atomic E-state index is -1.26. The Bertz CT molecular complexity index is 582. The van der Waals surface area contributed by atoms with Crippen LogP contribution in [0.1, 0.15) is 34.1 Å². The molecular weight excluding hydrogens is 394 g/mol. The van der Waals surface area contributed by atoms with E-state index < -0.39 is 54.6 Å². The van der Waals surface area contributed by atoms with Gasteiger partial charge < -0.3 is 33.3 Å². The summed E-state index contributed by atoms with van der Waals surface area (Å²) in [6.45, 7) is 4.61. The van der Waals surface area contributed by atoms with Crippen LogP contribution in [0.4, 0.5) is 0 Å². The molecule has 1 rings (SSSR count). The Hall–Kier alpha value is -2.28. The third-order valence-corrected chi connectivity index (χ3v) is 3.64. The van der Waals surface area contributed by atoms with Gasteiger partial charge in [-0.1, -0.05) is 0 Å². The number of hydrogen-bond donors (Lipinski definition) is 1.